The van der Waals surface area contributed by atoms with E-state index in [1.54, 1.807) is 12.1 Å². The van der Waals surface area contributed by atoms with Crippen LogP contribution in [-0.2, 0) is 4.79 Å². The molecule has 0 bridgehead atoms. The third-order valence-corrected chi connectivity index (χ3v) is 3.36. The molecule has 1 fully saturated rings. The molecule has 18 heavy (non-hydrogen) atoms. The lowest BCUT2D eigenvalue weighted by Gasteiger charge is -2.22. The van der Waals surface area contributed by atoms with Crippen LogP contribution in [0.5, 0.6) is 5.75 Å². The molecular formula is C15H19NO2. The molecule has 0 aromatic heterocycles. The molecule has 1 aromatic rings. The Morgan fingerprint density at radius 3 is 2.50 bits per heavy atom. The highest BCUT2D eigenvalue weighted by molar-refractivity contribution is 5.98. The number of esters is 1. The molecule has 96 valence electrons. The van der Waals surface area contributed by atoms with E-state index in [1.165, 1.54) is 0 Å². The normalized spacial score (nSPS) is 14.9. The molecule has 0 aliphatic heterocycles. The van der Waals surface area contributed by atoms with Gasteiger partial charge in [0.25, 0.3) is 0 Å². The van der Waals surface area contributed by atoms with Gasteiger partial charge in [0.15, 0.2) is 0 Å². The van der Waals surface area contributed by atoms with Gasteiger partial charge in [-0.15, -0.1) is 0 Å². The first kappa shape index (κ1) is 12.8. The highest BCUT2D eigenvalue weighted by Gasteiger charge is 2.26. The van der Waals surface area contributed by atoms with Crippen molar-refractivity contribution in [3.8, 4) is 5.75 Å². The van der Waals surface area contributed by atoms with Crippen LogP contribution in [0.1, 0.15) is 44.6 Å². The fourth-order valence-corrected chi connectivity index (χ4v) is 1.96. The monoisotopic (exact) mass is 245 g/mol. The molecule has 0 saturated heterocycles. The molecule has 3 nitrogen and oxygen atoms in total. The summed E-state index contributed by atoms with van der Waals surface area (Å²) in [6.07, 6.45) is 4.79. The van der Waals surface area contributed by atoms with Crippen molar-refractivity contribution in [2.24, 2.45) is 5.92 Å². The predicted molar refractivity (Wildman–Crippen MR) is 71.2 cm³/mol. The van der Waals surface area contributed by atoms with Crippen LogP contribution in [-0.4, -0.2) is 11.7 Å². The second kappa shape index (κ2) is 5.80. The molecule has 0 unspecified atom stereocenters. The van der Waals surface area contributed by atoms with Crippen LogP contribution in [0.2, 0.25) is 0 Å². The second-order valence-corrected chi connectivity index (χ2v) is 4.80. The Bertz CT molecular complexity index is 432. The first-order chi connectivity index (χ1) is 8.70. The molecule has 0 spiro atoms. The smallest absolute Gasteiger partial charge is 0.314 e. The minimum absolute atomic E-state index is 0.100. The zero-order valence-electron chi connectivity index (χ0n) is 10.7. The van der Waals surface area contributed by atoms with Gasteiger partial charge in [0.1, 0.15) is 5.75 Å². The standard InChI is InChI=1S/C15H19NO2/c1-2-4-14(16)11-7-9-13(10-8-11)18-15(17)12-5-3-6-12/h7-10,12,16H,2-6H2,1H3. The van der Waals surface area contributed by atoms with Crippen LogP contribution in [0.3, 0.4) is 0 Å². The van der Waals surface area contributed by atoms with E-state index in [4.69, 9.17) is 10.1 Å². The topological polar surface area (TPSA) is 50.1 Å². The number of hydrogen-bond donors (Lipinski definition) is 1. The van der Waals surface area contributed by atoms with Crippen LogP contribution in [0.25, 0.3) is 0 Å². The molecule has 1 aliphatic rings. The molecule has 0 heterocycles. The fourth-order valence-electron chi connectivity index (χ4n) is 1.96. The first-order valence-corrected chi connectivity index (χ1v) is 6.60. The zero-order valence-corrected chi connectivity index (χ0v) is 10.7. The Balaban J connectivity index is 1.94. The van der Waals surface area contributed by atoms with Crippen LogP contribution < -0.4 is 4.74 Å². The molecule has 3 heteroatoms. The van der Waals surface area contributed by atoms with E-state index in [0.717, 1.165) is 37.7 Å². The summed E-state index contributed by atoms with van der Waals surface area (Å²) in [5, 5.41) is 7.84. The summed E-state index contributed by atoms with van der Waals surface area (Å²) in [6, 6.07) is 7.24. The minimum atomic E-state index is -0.113. The van der Waals surface area contributed by atoms with Gasteiger partial charge in [0.05, 0.1) is 5.92 Å². The Labute approximate surface area is 108 Å². The van der Waals surface area contributed by atoms with Gasteiger partial charge in [0.2, 0.25) is 0 Å². The quantitative estimate of drug-likeness (QED) is 0.490. The van der Waals surface area contributed by atoms with Crippen LogP contribution >= 0.6 is 0 Å². The summed E-state index contributed by atoms with van der Waals surface area (Å²) in [6.45, 7) is 2.06. The van der Waals surface area contributed by atoms with Crippen LogP contribution in [0.15, 0.2) is 24.3 Å². The molecule has 1 aliphatic carbocycles. The van der Waals surface area contributed by atoms with E-state index in [9.17, 15) is 4.79 Å². The van der Waals surface area contributed by atoms with Crippen molar-refractivity contribution >= 4 is 11.7 Å². The summed E-state index contributed by atoms with van der Waals surface area (Å²) in [4.78, 5) is 11.7. The molecular weight excluding hydrogens is 226 g/mol. The maximum Gasteiger partial charge on any atom is 0.314 e. The van der Waals surface area contributed by atoms with E-state index in [-0.39, 0.29) is 11.9 Å². The van der Waals surface area contributed by atoms with E-state index in [2.05, 4.69) is 6.92 Å². The van der Waals surface area contributed by atoms with Gasteiger partial charge in [-0.25, -0.2) is 0 Å². The predicted octanol–water partition coefficient (Wildman–Crippen LogP) is 3.56. The molecule has 2 rings (SSSR count). The van der Waals surface area contributed by atoms with Crippen molar-refractivity contribution in [2.45, 2.75) is 39.0 Å². The zero-order chi connectivity index (χ0) is 13.0. The van der Waals surface area contributed by atoms with Crippen LogP contribution in [0, 0.1) is 11.3 Å². The number of nitrogens with one attached hydrogen (secondary N) is 1. The van der Waals surface area contributed by atoms with Gasteiger partial charge in [-0.05, 0) is 49.1 Å². The summed E-state index contributed by atoms with van der Waals surface area (Å²) in [5.41, 5.74) is 1.54. The van der Waals surface area contributed by atoms with E-state index in [1.807, 2.05) is 12.1 Å². The molecule has 1 saturated carbocycles. The lowest BCUT2D eigenvalue weighted by molar-refractivity contribution is -0.141. The van der Waals surface area contributed by atoms with Crippen molar-refractivity contribution in [2.75, 3.05) is 0 Å². The summed E-state index contributed by atoms with van der Waals surface area (Å²) < 4.78 is 5.30. The summed E-state index contributed by atoms with van der Waals surface area (Å²) in [7, 11) is 0. The average molecular weight is 245 g/mol. The highest BCUT2D eigenvalue weighted by Crippen LogP contribution is 2.28. The maximum absolute atomic E-state index is 11.7. The Morgan fingerprint density at radius 2 is 2.00 bits per heavy atom. The third kappa shape index (κ3) is 2.97. The van der Waals surface area contributed by atoms with Crippen molar-refractivity contribution < 1.29 is 9.53 Å². The number of benzene rings is 1. The van der Waals surface area contributed by atoms with Gasteiger partial charge < -0.3 is 10.1 Å². The Morgan fingerprint density at radius 1 is 1.33 bits per heavy atom. The highest BCUT2D eigenvalue weighted by atomic mass is 16.5. The summed E-state index contributed by atoms with van der Waals surface area (Å²) in [5.74, 6) is 0.570. The number of carbonyl (C=O) groups excluding carboxylic acids is 1. The van der Waals surface area contributed by atoms with Crippen LogP contribution in [0.4, 0.5) is 0 Å². The van der Waals surface area contributed by atoms with Gasteiger partial charge in [-0.3, -0.25) is 4.79 Å². The molecule has 0 atom stereocenters. The largest absolute Gasteiger partial charge is 0.426 e. The maximum atomic E-state index is 11.7. The van der Waals surface area contributed by atoms with Crippen molar-refractivity contribution in [1.82, 2.24) is 0 Å². The number of rotatable bonds is 5. The van der Waals surface area contributed by atoms with Gasteiger partial charge in [-0.1, -0.05) is 19.8 Å². The minimum Gasteiger partial charge on any atom is -0.426 e. The van der Waals surface area contributed by atoms with E-state index >= 15 is 0 Å². The SMILES string of the molecule is CCCC(=N)c1ccc(OC(=O)C2CCC2)cc1. The summed E-state index contributed by atoms with van der Waals surface area (Å²) >= 11 is 0. The lowest BCUT2D eigenvalue weighted by atomic mass is 9.86. The third-order valence-electron chi connectivity index (χ3n) is 3.36. The second-order valence-electron chi connectivity index (χ2n) is 4.80. The van der Waals surface area contributed by atoms with Crippen molar-refractivity contribution in [3.05, 3.63) is 29.8 Å². The number of hydrogen-bond acceptors (Lipinski definition) is 3. The van der Waals surface area contributed by atoms with E-state index in [0.29, 0.717) is 11.5 Å². The molecule has 1 N–H and O–H groups in total. The lowest BCUT2D eigenvalue weighted by Crippen LogP contribution is -2.26. The average Bonchev–Trinajstić information content (AvgIpc) is 2.27. The van der Waals surface area contributed by atoms with Gasteiger partial charge in [-0.2, -0.15) is 0 Å². The Kier molecular flexibility index (Phi) is 4.13. The first-order valence-electron chi connectivity index (χ1n) is 6.60. The molecule has 0 amide bonds. The number of ether oxygens (including phenoxy) is 1. The Hall–Kier alpha value is -1.64. The number of carbonyl (C=O) groups is 1. The van der Waals surface area contributed by atoms with Gasteiger partial charge >= 0.3 is 5.97 Å². The fraction of sp³-hybridized carbons (Fsp3) is 0.467. The molecule has 0 radical (unpaired) electrons. The molecule has 1 aromatic carbocycles. The van der Waals surface area contributed by atoms with Crippen molar-refractivity contribution in [3.63, 3.8) is 0 Å². The van der Waals surface area contributed by atoms with Crippen molar-refractivity contribution in [1.29, 1.82) is 5.41 Å². The van der Waals surface area contributed by atoms with Gasteiger partial charge in [0, 0.05) is 5.71 Å². The van der Waals surface area contributed by atoms with E-state index < -0.39 is 0 Å².